The van der Waals surface area contributed by atoms with E-state index in [0.717, 1.165) is 5.56 Å². The fraction of sp³-hybridized carbons (Fsp3) is 0.0476. The number of pyridine rings is 1. The minimum Gasteiger partial charge on any atom is -0.459 e. The summed E-state index contributed by atoms with van der Waals surface area (Å²) in [5, 5.41) is 9.72. The Labute approximate surface area is 166 Å². The number of hydrogen-bond donors (Lipinski definition) is 2. The van der Waals surface area contributed by atoms with Crippen molar-refractivity contribution in [2.75, 3.05) is 5.32 Å². The van der Waals surface area contributed by atoms with Crippen molar-refractivity contribution in [2.24, 2.45) is 0 Å². The molecule has 0 fully saturated rings. The Morgan fingerprint density at radius 3 is 2.72 bits per heavy atom. The first kappa shape index (κ1) is 18.2. The van der Waals surface area contributed by atoms with Gasteiger partial charge in [0.05, 0.1) is 6.26 Å². The Bertz CT molecular complexity index is 1120. The molecule has 3 aromatic heterocycles. The second-order valence-electron chi connectivity index (χ2n) is 6.17. The number of rotatable bonds is 6. The highest BCUT2D eigenvalue weighted by Gasteiger charge is 2.11. The SMILES string of the molecule is O=C(NCc1ccnc(-n2cccn2)c1)c1cccc(NC(=O)c2ccco2)c1. The standard InChI is InChI=1S/C21H17N5O3/c27-20(23-14-15-7-9-22-19(12-15)26-10-3-8-24-26)16-4-1-5-17(13-16)25-21(28)18-6-2-11-29-18/h1-13H,14H2,(H,23,27)(H,25,28). The predicted molar refractivity (Wildman–Crippen MR) is 106 cm³/mol. The van der Waals surface area contributed by atoms with Crippen molar-refractivity contribution in [3.8, 4) is 5.82 Å². The van der Waals surface area contributed by atoms with Gasteiger partial charge >= 0.3 is 0 Å². The monoisotopic (exact) mass is 387 g/mol. The summed E-state index contributed by atoms with van der Waals surface area (Å²) in [6, 6.07) is 15.4. The van der Waals surface area contributed by atoms with Gasteiger partial charge in [-0.15, -0.1) is 0 Å². The zero-order valence-electron chi connectivity index (χ0n) is 15.3. The highest BCUT2D eigenvalue weighted by atomic mass is 16.3. The average molecular weight is 387 g/mol. The number of nitrogens with zero attached hydrogens (tertiary/aromatic N) is 3. The molecule has 0 bridgehead atoms. The van der Waals surface area contributed by atoms with Crippen LogP contribution >= 0.6 is 0 Å². The molecule has 4 aromatic rings. The number of furan rings is 1. The molecule has 0 unspecified atom stereocenters. The first-order chi connectivity index (χ1) is 14.2. The molecule has 0 aliphatic carbocycles. The molecule has 144 valence electrons. The number of aromatic nitrogens is 3. The summed E-state index contributed by atoms with van der Waals surface area (Å²) in [5.41, 5.74) is 1.83. The lowest BCUT2D eigenvalue weighted by molar-refractivity contribution is 0.0949. The highest BCUT2D eigenvalue weighted by Crippen LogP contribution is 2.13. The molecule has 2 N–H and O–H groups in total. The van der Waals surface area contributed by atoms with Crippen molar-refractivity contribution >= 4 is 17.5 Å². The van der Waals surface area contributed by atoms with Crippen molar-refractivity contribution in [2.45, 2.75) is 6.54 Å². The summed E-state index contributed by atoms with van der Waals surface area (Å²) in [7, 11) is 0. The maximum absolute atomic E-state index is 12.5. The molecule has 0 atom stereocenters. The van der Waals surface area contributed by atoms with Crippen LogP contribution < -0.4 is 10.6 Å². The van der Waals surface area contributed by atoms with Gasteiger partial charge in [0.25, 0.3) is 11.8 Å². The summed E-state index contributed by atoms with van der Waals surface area (Å²) in [6.45, 7) is 0.332. The van der Waals surface area contributed by atoms with Gasteiger partial charge in [-0.2, -0.15) is 5.10 Å². The van der Waals surface area contributed by atoms with Gasteiger partial charge in [-0.05, 0) is 54.1 Å². The van der Waals surface area contributed by atoms with E-state index in [1.807, 2.05) is 18.2 Å². The van der Waals surface area contributed by atoms with E-state index < -0.39 is 0 Å². The van der Waals surface area contributed by atoms with Gasteiger partial charge in [-0.1, -0.05) is 6.07 Å². The molecule has 0 aliphatic heterocycles. The Hall–Kier alpha value is -4.20. The molecule has 0 saturated carbocycles. The largest absolute Gasteiger partial charge is 0.459 e. The summed E-state index contributed by atoms with van der Waals surface area (Å²) in [6.07, 6.45) is 6.57. The third-order valence-corrected chi connectivity index (χ3v) is 4.13. The van der Waals surface area contributed by atoms with Gasteiger partial charge in [0.15, 0.2) is 11.6 Å². The fourth-order valence-electron chi connectivity index (χ4n) is 2.72. The van der Waals surface area contributed by atoms with Crippen LogP contribution in [0.3, 0.4) is 0 Å². The van der Waals surface area contributed by atoms with Crippen LogP contribution in [-0.4, -0.2) is 26.6 Å². The highest BCUT2D eigenvalue weighted by molar-refractivity contribution is 6.03. The van der Waals surface area contributed by atoms with E-state index in [0.29, 0.717) is 23.6 Å². The maximum Gasteiger partial charge on any atom is 0.291 e. The summed E-state index contributed by atoms with van der Waals surface area (Å²) in [5.74, 6) is 0.238. The van der Waals surface area contributed by atoms with Gasteiger partial charge in [0.2, 0.25) is 0 Å². The smallest absolute Gasteiger partial charge is 0.291 e. The number of carbonyl (C=O) groups is 2. The third-order valence-electron chi connectivity index (χ3n) is 4.13. The third kappa shape index (κ3) is 4.38. The molecule has 0 aliphatic rings. The lowest BCUT2D eigenvalue weighted by Crippen LogP contribution is -2.23. The number of hydrogen-bond acceptors (Lipinski definition) is 5. The van der Waals surface area contributed by atoms with E-state index in [4.69, 9.17) is 4.42 Å². The molecule has 4 rings (SSSR count). The van der Waals surface area contributed by atoms with Crippen LogP contribution in [0.5, 0.6) is 0 Å². The zero-order valence-corrected chi connectivity index (χ0v) is 15.3. The molecule has 0 radical (unpaired) electrons. The molecule has 3 heterocycles. The van der Waals surface area contributed by atoms with Gasteiger partial charge in [0.1, 0.15) is 0 Å². The van der Waals surface area contributed by atoms with Gasteiger partial charge in [-0.25, -0.2) is 9.67 Å². The van der Waals surface area contributed by atoms with Crippen molar-refractivity contribution < 1.29 is 14.0 Å². The molecule has 0 saturated heterocycles. The van der Waals surface area contributed by atoms with Crippen molar-refractivity contribution in [3.63, 3.8) is 0 Å². The molecular weight excluding hydrogens is 370 g/mol. The van der Waals surface area contributed by atoms with E-state index in [9.17, 15) is 9.59 Å². The molecule has 2 amide bonds. The maximum atomic E-state index is 12.5. The minimum absolute atomic E-state index is 0.200. The molecule has 8 nitrogen and oxygen atoms in total. The zero-order chi connectivity index (χ0) is 20.1. The predicted octanol–water partition coefficient (Wildman–Crippen LogP) is 3.04. The Kier molecular flexibility index (Phi) is 5.15. The Morgan fingerprint density at radius 1 is 1.00 bits per heavy atom. The van der Waals surface area contributed by atoms with Crippen LogP contribution in [0.25, 0.3) is 5.82 Å². The van der Waals surface area contributed by atoms with Gasteiger partial charge in [0, 0.05) is 36.4 Å². The number of amides is 2. The average Bonchev–Trinajstić information content (AvgIpc) is 3.47. The molecule has 0 spiro atoms. The minimum atomic E-state index is -0.379. The summed E-state index contributed by atoms with van der Waals surface area (Å²) < 4.78 is 6.72. The van der Waals surface area contributed by atoms with Gasteiger partial charge in [-0.3, -0.25) is 9.59 Å². The normalized spacial score (nSPS) is 10.5. The van der Waals surface area contributed by atoms with E-state index in [2.05, 4.69) is 20.7 Å². The number of anilines is 1. The molecule has 8 heteroatoms. The quantitative estimate of drug-likeness (QED) is 0.529. The van der Waals surface area contributed by atoms with Crippen LogP contribution in [-0.2, 0) is 6.54 Å². The fourth-order valence-corrected chi connectivity index (χ4v) is 2.72. The van der Waals surface area contributed by atoms with Crippen LogP contribution in [0, 0.1) is 0 Å². The number of nitrogens with one attached hydrogen (secondary N) is 2. The number of benzene rings is 1. The van der Waals surface area contributed by atoms with Crippen molar-refractivity contribution in [1.29, 1.82) is 0 Å². The second kappa shape index (κ2) is 8.22. The van der Waals surface area contributed by atoms with Gasteiger partial charge < -0.3 is 15.1 Å². The first-order valence-corrected chi connectivity index (χ1v) is 8.87. The Balaban J connectivity index is 1.40. The summed E-state index contributed by atoms with van der Waals surface area (Å²) >= 11 is 0. The lowest BCUT2D eigenvalue weighted by Gasteiger charge is -2.09. The lowest BCUT2D eigenvalue weighted by atomic mass is 10.1. The summed E-state index contributed by atoms with van der Waals surface area (Å²) in [4.78, 5) is 28.9. The van der Waals surface area contributed by atoms with Crippen LogP contribution in [0.2, 0.25) is 0 Å². The second-order valence-corrected chi connectivity index (χ2v) is 6.17. The van der Waals surface area contributed by atoms with E-state index >= 15 is 0 Å². The van der Waals surface area contributed by atoms with Crippen LogP contribution in [0.1, 0.15) is 26.5 Å². The molecular formula is C21H17N5O3. The van der Waals surface area contributed by atoms with Crippen molar-refractivity contribution in [1.82, 2.24) is 20.1 Å². The van der Waals surface area contributed by atoms with Crippen molar-refractivity contribution in [3.05, 3.63) is 96.3 Å². The van der Waals surface area contributed by atoms with Crippen LogP contribution in [0.4, 0.5) is 5.69 Å². The topological polar surface area (TPSA) is 102 Å². The van der Waals surface area contributed by atoms with E-state index in [1.165, 1.54) is 6.26 Å². The first-order valence-electron chi connectivity index (χ1n) is 8.87. The van der Waals surface area contributed by atoms with E-state index in [1.54, 1.807) is 59.7 Å². The molecule has 1 aromatic carbocycles. The number of carbonyl (C=O) groups excluding carboxylic acids is 2. The van der Waals surface area contributed by atoms with E-state index in [-0.39, 0.29) is 17.6 Å². The van der Waals surface area contributed by atoms with Crippen LogP contribution in [0.15, 0.2) is 83.9 Å². The Morgan fingerprint density at radius 2 is 1.93 bits per heavy atom. The molecule has 29 heavy (non-hydrogen) atoms.